The van der Waals surface area contributed by atoms with Crippen LogP contribution in [0.25, 0.3) is 55.4 Å². The number of aromatic nitrogens is 3. The molecule has 0 saturated carbocycles. The first-order chi connectivity index (χ1) is 20.0. The second-order valence-corrected chi connectivity index (χ2v) is 12.9. The topological polar surface area (TPSA) is 61.0 Å². The summed E-state index contributed by atoms with van der Waals surface area (Å²) in [6, 6.07) is 29.3. The fraction of sp³-hybridized carbons (Fsp3) is 0.216. The van der Waals surface area contributed by atoms with Gasteiger partial charge in [0.25, 0.3) is 0 Å². The summed E-state index contributed by atoms with van der Waals surface area (Å²) >= 11 is 0. The molecule has 43 heavy (non-hydrogen) atoms. The van der Waals surface area contributed by atoms with Crippen LogP contribution in [0.5, 0.6) is 11.6 Å². The second kappa shape index (κ2) is 10.6. The third kappa shape index (κ3) is 5.32. The zero-order chi connectivity index (χ0) is 29.2. The van der Waals surface area contributed by atoms with Gasteiger partial charge in [0.2, 0.25) is 5.88 Å². The Bertz CT molecular complexity index is 2090. The van der Waals surface area contributed by atoms with Crippen LogP contribution in [-0.2, 0) is 31.9 Å². The van der Waals surface area contributed by atoms with E-state index in [0.717, 1.165) is 60.9 Å². The van der Waals surface area contributed by atoms with Crippen molar-refractivity contribution >= 4 is 32.8 Å². The van der Waals surface area contributed by atoms with Crippen LogP contribution in [0.15, 0.2) is 83.5 Å². The molecule has 0 unspecified atom stereocenters. The van der Waals surface area contributed by atoms with Crippen molar-refractivity contribution in [1.29, 1.82) is 0 Å². The minimum absolute atomic E-state index is 0. The molecule has 4 heterocycles. The first kappa shape index (κ1) is 29.0. The molecule has 4 aromatic heterocycles. The van der Waals surface area contributed by atoms with Gasteiger partial charge in [0, 0.05) is 34.7 Å². The molecule has 0 fully saturated rings. The van der Waals surface area contributed by atoms with E-state index < -0.39 is 0 Å². The Hall–Kier alpha value is -4.08. The minimum Gasteiger partial charge on any atom is -0.477 e. The van der Waals surface area contributed by atoms with Gasteiger partial charge in [0.15, 0.2) is 0 Å². The van der Waals surface area contributed by atoms with E-state index in [1.807, 2.05) is 48.7 Å². The van der Waals surface area contributed by atoms with Crippen molar-refractivity contribution in [3.63, 3.8) is 0 Å². The molecular formula is C37H31N3O2Pt. The maximum absolute atomic E-state index is 6.64. The number of furan rings is 1. The standard InChI is InChI=1S/C37H31N3O2.Pt/c1-36(2,3)25-17-23(22-16-24-21-39-30-11-9-12-31-34(30)33(24)32(19-22)42-31)18-26(20-25)41-35-27(37(4,5)6)13-14-29(40-35)28-10-7-8-15-38-28;/h7-17,20-21H,1-6H3;/q-2;+2. The van der Waals surface area contributed by atoms with Crippen molar-refractivity contribution in [2.45, 2.75) is 52.4 Å². The third-order valence-electron chi connectivity index (χ3n) is 7.68. The summed E-state index contributed by atoms with van der Waals surface area (Å²) in [5.74, 6) is 1.14. The van der Waals surface area contributed by atoms with Gasteiger partial charge in [-0.25, -0.2) is 16.1 Å². The monoisotopic (exact) mass is 744 g/mol. The number of hydrogen-bond donors (Lipinski definition) is 0. The fourth-order valence-electron chi connectivity index (χ4n) is 5.40. The van der Waals surface area contributed by atoms with E-state index in [-0.39, 0.29) is 31.9 Å². The van der Waals surface area contributed by atoms with Crippen molar-refractivity contribution < 1.29 is 30.2 Å². The quantitative estimate of drug-likeness (QED) is 0.133. The van der Waals surface area contributed by atoms with Gasteiger partial charge >= 0.3 is 21.1 Å². The SMILES string of the molecule is CC(C)(C)c1cc(Oc2nc(-c3ccccn3)ccc2C(C)(C)C)[c-]c(-c2[c-]c3oc4cccc5ncc(c2)c3c54)c1.[Pt+2]. The van der Waals surface area contributed by atoms with Crippen LogP contribution < -0.4 is 4.74 Å². The Morgan fingerprint density at radius 3 is 2.30 bits per heavy atom. The van der Waals surface area contributed by atoms with E-state index in [1.165, 1.54) is 0 Å². The molecule has 0 aliphatic carbocycles. The van der Waals surface area contributed by atoms with Crippen LogP contribution in [0.1, 0.15) is 52.7 Å². The number of benzene rings is 3. The summed E-state index contributed by atoms with van der Waals surface area (Å²) in [4.78, 5) is 14.1. The maximum Gasteiger partial charge on any atom is 2.00 e. The van der Waals surface area contributed by atoms with Crippen molar-refractivity contribution in [3.05, 3.63) is 102 Å². The molecule has 6 heteroatoms. The van der Waals surface area contributed by atoms with Crippen LogP contribution in [0.4, 0.5) is 0 Å². The van der Waals surface area contributed by atoms with Gasteiger partial charge in [-0.2, -0.15) is 12.1 Å². The molecule has 3 aromatic carbocycles. The van der Waals surface area contributed by atoms with Gasteiger partial charge in [0.05, 0.1) is 16.9 Å². The molecule has 0 bridgehead atoms. The Kier molecular flexibility index (Phi) is 7.13. The third-order valence-corrected chi connectivity index (χ3v) is 7.68. The summed E-state index contributed by atoms with van der Waals surface area (Å²) in [5, 5.41) is 3.10. The van der Waals surface area contributed by atoms with Gasteiger partial charge in [-0.05, 0) is 46.5 Å². The van der Waals surface area contributed by atoms with E-state index in [2.05, 4.69) is 82.9 Å². The number of hydrogen-bond acceptors (Lipinski definition) is 5. The number of rotatable bonds is 4. The fourth-order valence-corrected chi connectivity index (χ4v) is 5.40. The van der Waals surface area contributed by atoms with Gasteiger partial charge in [0.1, 0.15) is 5.58 Å². The van der Waals surface area contributed by atoms with Crippen LogP contribution in [0.3, 0.4) is 0 Å². The summed E-state index contributed by atoms with van der Waals surface area (Å²) in [6.45, 7) is 13.1. The number of nitrogens with zero attached hydrogens (tertiary/aromatic N) is 3. The molecule has 0 spiro atoms. The first-order valence-corrected chi connectivity index (χ1v) is 14.2. The Labute approximate surface area is 266 Å². The molecule has 0 saturated heterocycles. The first-order valence-electron chi connectivity index (χ1n) is 14.2. The van der Waals surface area contributed by atoms with Crippen molar-refractivity contribution in [2.75, 3.05) is 0 Å². The molecule has 7 rings (SSSR count). The van der Waals surface area contributed by atoms with Crippen molar-refractivity contribution in [3.8, 4) is 34.1 Å². The molecule has 0 atom stereocenters. The number of pyridine rings is 3. The van der Waals surface area contributed by atoms with Gasteiger partial charge < -0.3 is 9.15 Å². The van der Waals surface area contributed by atoms with Gasteiger partial charge in [-0.3, -0.25) is 9.97 Å². The summed E-state index contributed by atoms with van der Waals surface area (Å²) in [6.07, 6.45) is 3.68. The predicted molar refractivity (Wildman–Crippen MR) is 168 cm³/mol. The van der Waals surface area contributed by atoms with Crippen LogP contribution >= 0.6 is 0 Å². The molecule has 0 aliphatic heterocycles. The molecule has 216 valence electrons. The molecule has 0 N–H and O–H groups in total. The largest absolute Gasteiger partial charge is 2.00 e. The minimum atomic E-state index is -0.184. The van der Waals surface area contributed by atoms with E-state index in [0.29, 0.717) is 17.2 Å². The van der Waals surface area contributed by atoms with Gasteiger partial charge in [-0.1, -0.05) is 71.2 Å². The molecule has 7 aromatic rings. The van der Waals surface area contributed by atoms with E-state index >= 15 is 0 Å². The Balaban J connectivity index is 0.00000329. The smallest absolute Gasteiger partial charge is 0.477 e. The maximum atomic E-state index is 6.64. The van der Waals surface area contributed by atoms with Gasteiger partial charge in [-0.15, -0.1) is 17.7 Å². The van der Waals surface area contributed by atoms with Crippen LogP contribution in [0, 0.1) is 12.1 Å². The van der Waals surface area contributed by atoms with Crippen LogP contribution in [-0.4, -0.2) is 15.0 Å². The number of ether oxygens (including phenoxy) is 1. The van der Waals surface area contributed by atoms with E-state index in [9.17, 15) is 0 Å². The average molecular weight is 745 g/mol. The Morgan fingerprint density at radius 1 is 0.744 bits per heavy atom. The molecule has 0 aliphatic rings. The predicted octanol–water partition coefficient (Wildman–Crippen LogP) is 9.68. The zero-order valence-corrected chi connectivity index (χ0v) is 27.3. The van der Waals surface area contributed by atoms with Crippen molar-refractivity contribution in [1.82, 2.24) is 15.0 Å². The zero-order valence-electron chi connectivity index (χ0n) is 25.0. The normalized spacial score (nSPS) is 12.2. The molecule has 5 nitrogen and oxygen atoms in total. The van der Waals surface area contributed by atoms with Crippen LogP contribution in [0.2, 0.25) is 0 Å². The molecule has 0 amide bonds. The Morgan fingerprint density at radius 2 is 1.56 bits per heavy atom. The summed E-state index contributed by atoms with van der Waals surface area (Å²) in [7, 11) is 0. The van der Waals surface area contributed by atoms with E-state index in [1.54, 1.807) is 6.20 Å². The second-order valence-electron chi connectivity index (χ2n) is 12.9. The molecular weight excluding hydrogens is 714 g/mol. The van der Waals surface area contributed by atoms with E-state index in [4.69, 9.17) is 19.1 Å². The molecule has 0 radical (unpaired) electrons. The summed E-state index contributed by atoms with van der Waals surface area (Å²) in [5.41, 5.74) is 7.55. The summed E-state index contributed by atoms with van der Waals surface area (Å²) < 4.78 is 12.9. The average Bonchev–Trinajstić information content (AvgIpc) is 3.35. The van der Waals surface area contributed by atoms with Crippen molar-refractivity contribution in [2.24, 2.45) is 0 Å².